The Morgan fingerprint density at radius 3 is 2.00 bits per heavy atom. The Bertz CT molecular complexity index is 707. The molecule has 0 spiro atoms. The molecule has 2 rings (SSSR count). The lowest BCUT2D eigenvalue weighted by Crippen LogP contribution is -2.39. The van der Waals surface area contributed by atoms with Crippen LogP contribution in [0.2, 0.25) is 18.1 Å². The lowest BCUT2D eigenvalue weighted by molar-refractivity contribution is 0.185. The fraction of sp³-hybridized carbons (Fsp3) is 0.455. The van der Waals surface area contributed by atoms with Crippen molar-refractivity contribution in [2.45, 2.75) is 51.6 Å². The van der Waals surface area contributed by atoms with Crippen molar-refractivity contribution < 1.29 is 17.9 Å². The van der Waals surface area contributed by atoms with Gasteiger partial charge in [-0.3, -0.25) is 0 Å². The van der Waals surface area contributed by atoms with E-state index in [1.54, 1.807) is 7.11 Å². The molecule has 2 aromatic carbocycles. The Kier molecular flexibility index (Phi) is 8.60. The Morgan fingerprint density at radius 1 is 0.929 bits per heavy atom. The molecule has 2 aromatic rings. The van der Waals surface area contributed by atoms with Crippen molar-refractivity contribution in [1.82, 2.24) is 5.32 Å². The van der Waals surface area contributed by atoms with E-state index in [0.29, 0.717) is 18.7 Å². The molecule has 0 bridgehead atoms. The summed E-state index contributed by atoms with van der Waals surface area (Å²) in [6.45, 7) is 7.55. The molecule has 0 aliphatic heterocycles. The summed E-state index contributed by atoms with van der Waals surface area (Å²) >= 11 is 0. The molecular weight excluding hydrogens is 376 g/mol. The first-order chi connectivity index (χ1) is 13.4. The number of nitrogens with one attached hydrogen (secondary N) is 1. The van der Waals surface area contributed by atoms with Crippen molar-refractivity contribution in [1.29, 1.82) is 0 Å². The van der Waals surface area contributed by atoms with Crippen LogP contribution in [0.1, 0.15) is 38.0 Å². The SMILES string of the molecule is CC[Si](CC)(CC)OC(CNCc1cc(F)cc(F)c1)c1ccc(OC)cc1. The van der Waals surface area contributed by atoms with Crippen molar-refractivity contribution >= 4 is 8.32 Å². The molecule has 0 saturated carbocycles. The van der Waals surface area contributed by atoms with Crippen LogP contribution in [-0.4, -0.2) is 22.0 Å². The van der Waals surface area contributed by atoms with Crippen LogP contribution in [0.15, 0.2) is 42.5 Å². The maximum Gasteiger partial charge on any atom is 0.192 e. The van der Waals surface area contributed by atoms with Gasteiger partial charge in [0.25, 0.3) is 0 Å². The first-order valence-electron chi connectivity index (χ1n) is 9.92. The quantitative estimate of drug-likeness (QED) is 0.476. The normalized spacial score (nSPS) is 12.8. The summed E-state index contributed by atoms with van der Waals surface area (Å²) in [4.78, 5) is 0. The molecule has 0 amide bonds. The highest BCUT2D eigenvalue weighted by molar-refractivity contribution is 6.73. The minimum Gasteiger partial charge on any atom is -0.497 e. The summed E-state index contributed by atoms with van der Waals surface area (Å²) in [5.74, 6) is -0.320. The van der Waals surface area contributed by atoms with E-state index in [0.717, 1.165) is 35.5 Å². The number of hydrogen-bond donors (Lipinski definition) is 1. The van der Waals surface area contributed by atoms with Gasteiger partial charge in [-0.2, -0.15) is 0 Å². The van der Waals surface area contributed by atoms with Gasteiger partial charge in [0.05, 0.1) is 13.2 Å². The molecule has 6 heteroatoms. The third kappa shape index (κ3) is 6.12. The number of benzene rings is 2. The Balaban J connectivity index is 2.14. The second kappa shape index (κ2) is 10.7. The van der Waals surface area contributed by atoms with Crippen LogP contribution in [0.4, 0.5) is 8.78 Å². The number of hydrogen-bond acceptors (Lipinski definition) is 3. The van der Waals surface area contributed by atoms with Crippen molar-refractivity contribution in [3.8, 4) is 5.75 Å². The molecule has 0 saturated heterocycles. The molecule has 0 heterocycles. The third-order valence-electron chi connectivity index (χ3n) is 5.39. The molecule has 0 aromatic heterocycles. The zero-order valence-electron chi connectivity index (χ0n) is 17.2. The summed E-state index contributed by atoms with van der Waals surface area (Å²) in [5.41, 5.74) is 1.65. The van der Waals surface area contributed by atoms with Gasteiger partial charge in [0.1, 0.15) is 17.4 Å². The molecule has 154 valence electrons. The van der Waals surface area contributed by atoms with Gasteiger partial charge in [0.15, 0.2) is 8.32 Å². The van der Waals surface area contributed by atoms with E-state index in [4.69, 9.17) is 9.16 Å². The monoisotopic (exact) mass is 407 g/mol. The van der Waals surface area contributed by atoms with Crippen molar-refractivity contribution in [2.75, 3.05) is 13.7 Å². The Labute approximate surface area is 168 Å². The molecule has 28 heavy (non-hydrogen) atoms. The molecule has 1 N–H and O–H groups in total. The minimum atomic E-state index is -1.82. The van der Waals surface area contributed by atoms with E-state index in [1.807, 2.05) is 24.3 Å². The Morgan fingerprint density at radius 2 is 1.50 bits per heavy atom. The zero-order valence-corrected chi connectivity index (χ0v) is 18.2. The van der Waals surface area contributed by atoms with Crippen LogP contribution in [0.5, 0.6) is 5.75 Å². The number of rotatable bonds is 11. The van der Waals surface area contributed by atoms with E-state index in [1.165, 1.54) is 12.1 Å². The maximum atomic E-state index is 13.4. The van der Waals surface area contributed by atoms with Crippen LogP contribution >= 0.6 is 0 Å². The van der Waals surface area contributed by atoms with E-state index < -0.39 is 20.0 Å². The molecular formula is C22H31F2NO2Si. The fourth-order valence-corrected chi connectivity index (χ4v) is 6.23. The predicted molar refractivity (Wildman–Crippen MR) is 112 cm³/mol. The highest BCUT2D eigenvalue weighted by Gasteiger charge is 2.32. The summed E-state index contributed by atoms with van der Waals surface area (Å²) in [5, 5.41) is 3.31. The third-order valence-corrected chi connectivity index (χ3v) is 10.0. The second-order valence-electron chi connectivity index (χ2n) is 7.03. The summed E-state index contributed by atoms with van der Waals surface area (Å²) in [6, 6.07) is 14.7. The lowest BCUT2D eigenvalue weighted by Gasteiger charge is -2.34. The predicted octanol–water partition coefficient (Wildman–Crippen LogP) is 5.83. The van der Waals surface area contributed by atoms with E-state index in [-0.39, 0.29) is 6.10 Å². The van der Waals surface area contributed by atoms with Gasteiger partial charge in [-0.25, -0.2) is 8.78 Å². The Hall–Kier alpha value is -1.76. The smallest absolute Gasteiger partial charge is 0.192 e. The number of methoxy groups -OCH3 is 1. The van der Waals surface area contributed by atoms with E-state index in [9.17, 15) is 8.78 Å². The summed E-state index contributed by atoms with van der Waals surface area (Å²) in [7, 11) is -0.179. The van der Waals surface area contributed by atoms with Gasteiger partial charge in [-0.1, -0.05) is 32.9 Å². The largest absolute Gasteiger partial charge is 0.497 e. The zero-order chi connectivity index (χ0) is 20.6. The molecule has 3 nitrogen and oxygen atoms in total. The molecule has 0 fully saturated rings. The molecule has 1 atom stereocenters. The van der Waals surface area contributed by atoms with E-state index >= 15 is 0 Å². The first kappa shape index (κ1) is 22.5. The molecule has 0 aliphatic rings. The molecule has 0 radical (unpaired) electrons. The van der Waals surface area contributed by atoms with Gasteiger partial charge < -0.3 is 14.5 Å². The number of halogens is 2. The van der Waals surface area contributed by atoms with Gasteiger partial charge in [0.2, 0.25) is 0 Å². The lowest BCUT2D eigenvalue weighted by atomic mass is 10.1. The minimum absolute atomic E-state index is 0.115. The standard InChI is InChI=1S/C22H31F2NO2Si/c1-5-28(6-2,7-3)27-22(18-8-10-21(26-4)11-9-18)16-25-15-17-12-19(23)14-20(24)13-17/h8-14,22,25H,5-7,15-16H2,1-4H3. The van der Waals surface area contributed by atoms with Crippen molar-refractivity contribution in [2.24, 2.45) is 0 Å². The number of ether oxygens (including phenoxy) is 1. The maximum absolute atomic E-state index is 13.4. The highest BCUT2D eigenvalue weighted by Crippen LogP contribution is 2.30. The highest BCUT2D eigenvalue weighted by atomic mass is 28.4. The van der Waals surface area contributed by atoms with Crippen molar-refractivity contribution in [3.05, 3.63) is 65.2 Å². The molecule has 1 unspecified atom stereocenters. The summed E-state index contributed by atoms with van der Waals surface area (Å²) < 4.78 is 38.8. The van der Waals surface area contributed by atoms with Gasteiger partial charge in [0, 0.05) is 19.2 Å². The van der Waals surface area contributed by atoms with Crippen LogP contribution in [0.25, 0.3) is 0 Å². The average molecular weight is 408 g/mol. The van der Waals surface area contributed by atoms with Gasteiger partial charge in [-0.05, 0) is 53.5 Å². The molecule has 0 aliphatic carbocycles. The second-order valence-corrected chi connectivity index (χ2v) is 11.8. The van der Waals surface area contributed by atoms with Crippen molar-refractivity contribution in [3.63, 3.8) is 0 Å². The van der Waals surface area contributed by atoms with Crippen LogP contribution < -0.4 is 10.1 Å². The topological polar surface area (TPSA) is 30.5 Å². The van der Waals surface area contributed by atoms with Gasteiger partial charge >= 0.3 is 0 Å². The fourth-order valence-electron chi connectivity index (χ4n) is 3.41. The van der Waals surface area contributed by atoms with Crippen LogP contribution in [-0.2, 0) is 11.0 Å². The van der Waals surface area contributed by atoms with Crippen LogP contribution in [0.3, 0.4) is 0 Å². The van der Waals surface area contributed by atoms with Gasteiger partial charge in [-0.15, -0.1) is 0 Å². The average Bonchev–Trinajstić information content (AvgIpc) is 2.70. The first-order valence-corrected chi connectivity index (χ1v) is 12.5. The summed E-state index contributed by atoms with van der Waals surface area (Å²) in [6.07, 6.45) is -0.115. The van der Waals surface area contributed by atoms with Crippen LogP contribution in [0, 0.1) is 11.6 Å². The van der Waals surface area contributed by atoms with E-state index in [2.05, 4.69) is 26.1 Å².